The Hall–Kier alpha value is -1.69. The van der Waals surface area contributed by atoms with E-state index in [-0.39, 0.29) is 11.4 Å². The lowest BCUT2D eigenvalue weighted by Gasteiger charge is -2.20. The molecule has 0 saturated heterocycles. The fourth-order valence-electron chi connectivity index (χ4n) is 1.69. The monoisotopic (exact) mass is 283 g/mol. The third-order valence-corrected chi connectivity index (χ3v) is 3.20. The van der Waals surface area contributed by atoms with Gasteiger partial charge in [0.1, 0.15) is 17.2 Å². The minimum atomic E-state index is -1.18. The molecule has 1 aromatic rings. The van der Waals surface area contributed by atoms with Crippen LogP contribution in [0.2, 0.25) is 0 Å². The molecule has 0 aliphatic rings. The summed E-state index contributed by atoms with van der Waals surface area (Å²) in [4.78, 5) is 17.0. The molecule has 0 unspecified atom stereocenters. The molecular formula is C14H22FN3O2. The molecule has 1 rings (SSSR count). The molecule has 2 N–H and O–H groups in total. The smallest absolute Gasteiger partial charge is 0.339 e. The molecule has 0 aliphatic carbocycles. The molecule has 20 heavy (non-hydrogen) atoms. The first kappa shape index (κ1) is 16.4. The number of anilines is 1. The minimum Gasteiger partial charge on any atom is -0.478 e. The Balaban J connectivity index is 2.41. The first-order chi connectivity index (χ1) is 9.41. The van der Waals surface area contributed by atoms with Gasteiger partial charge in [0.25, 0.3) is 0 Å². The number of carboxylic acid groups (broad SMARTS) is 1. The van der Waals surface area contributed by atoms with Crippen molar-refractivity contribution in [1.82, 2.24) is 9.88 Å². The zero-order valence-corrected chi connectivity index (χ0v) is 12.2. The summed E-state index contributed by atoms with van der Waals surface area (Å²) in [7, 11) is 2.07. The van der Waals surface area contributed by atoms with E-state index in [0.717, 1.165) is 31.6 Å². The van der Waals surface area contributed by atoms with Gasteiger partial charge in [-0.3, -0.25) is 0 Å². The number of nitrogens with zero attached hydrogens (tertiary/aromatic N) is 2. The first-order valence-corrected chi connectivity index (χ1v) is 6.74. The largest absolute Gasteiger partial charge is 0.478 e. The van der Waals surface area contributed by atoms with Crippen LogP contribution in [0.3, 0.4) is 0 Å². The highest BCUT2D eigenvalue weighted by atomic mass is 19.1. The first-order valence-electron chi connectivity index (χ1n) is 6.74. The van der Waals surface area contributed by atoms with E-state index in [1.54, 1.807) is 0 Å². The zero-order chi connectivity index (χ0) is 15.1. The van der Waals surface area contributed by atoms with Crippen molar-refractivity contribution in [3.8, 4) is 0 Å². The molecule has 0 amide bonds. The number of hydrogen-bond acceptors (Lipinski definition) is 4. The van der Waals surface area contributed by atoms with Crippen LogP contribution in [0, 0.1) is 5.82 Å². The summed E-state index contributed by atoms with van der Waals surface area (Å²) in [6, 6.07) is 1.49. The van der Waals surface area contributed by atoms with Gasteiger partial charge in [0.15, 0.2) is 0 Å². The van der Waals surface area contributed by atoms with Gasteiger partial charge in [-0.15, -0.1) is 0 Å². The van der Waals surface area contributed by atoms with Gasteiger partial charge in [-0.2, -0.15) is 0 Å². The Bertz CT molecular complexity index is 452. The number of hydrogen-bond donors (Lipinski definition) is 2. The van der Waals surface area contributed by atoms with Crippen LogP contribution in [0.1, 0.15) is 37.0 Å². The van der Waals surface area contributed by atoms with Gasteiger partial charge >= 0.3 is 5.97 Å². The van der Waals surface area contributed by atoms with Crippen LogP contribution in [-0.2, 0) is 0 Å². The van der Waals surface area contributed by atoms with E-state index in [9.17, 15) is 9.18 Å². The highest BCUT2D eigenvalue weighted by Gasteiger charge is 2.12. The number of aromatic nitrogens is 1. The number of halogens is 1. The van der Waals surface area contributed by atoms with E-state index in [2.05, 4.69) is 36.1 Å². The highest BCUT2D eigenvalue weighted by molar-refractivity contribution is 5.93. The second-order valence-electron chi connectivity index (χ2n) is 5.06. The van der Waals surface area contributed by atoms with Gasteiger partial charge in [-0.1, -0.05) is 0 Å². The number of pyridine rings is 1. The minimum absolute atomic E-state index is 0.135. The summed E-state index contributed by atoms with van der Waals surface area (Å²) in [5.74, 6) is -1.61. The van der Waals surface area contributed by atoms with Crippen LogP contribution in [0.4, 0.5) is 10.2 Å². The molecular weight excluding hydrogens is 261 g/mol. The van der Waals surface area contributed by atoms with Crippen molar-refractivity contribution in [1.29, 1.82) is 0 Å². The van der Waals surface area contributed by atoms with Crippen molar-refractivity contribution in [3.05, 3.63) is 23.6 Å². The maximum absolute atomic E-state index is 13.0. The Morgan fingerprint density at radius 2 is 2.20 bits per heavy atom. The third-order valence-electron chi connectivity index (χ3n) is 3.20. The lowest BCUT2D eigenvalue weighted by molar-refractivity contribution is 0.0697. The van der Waals surface area contributed by atoms with Crippen LogP contribution in [0.25, 0.3) is 0 Å². The molecule has 0 aromatic carbocycles. The average Bonchev–Trinajstić information content (AvgIpc) is 2.39. The summed E-state index contributed by atoms with van der Waals surface area (Å²) >= 11 is 0. The van der Waals surface area contributed by atoms with E-state index in [1.165, 1.54) is 0 Å². The molecule has 5 nitrogen and oxygen atoms in total. The van der Waals surface area contributed by atoms with Gasteiger partial charge in [-0.05, 0) is 46.3 Å². The van der Waals surface area contributed by atoms with E-state index >= 15 is 0 Å². The molecule has 0 aliphatic heterocycles. The highest BCUT2D eigenvalue weighted by Crippen LogP contribution is 2.13. The van der Waals surface area contributed by atoms with E-state index in [1.807, 2.05) is 0 Å². The Morgan fingerprint density at radius 1 is 1.50 bits per heavy atom. The lowest BCUT2D eigenvalue weighted by Crippen LogP contribution is -2.27. The Labute approximate surface area is 118 Å². The van der Waals surface area contributed by atoms with E-state index in [4.69, 9.17) is 5.11 Å². The normalized spacial score (nSPS) is 11.1. The molecule has 0 saturated carbocycles. The lowest BCUT2D eigenvalue weighted by atomic mass is 10.2. The number of unbranched alkanes of at least 4 members (excludes halogenated alkanes) is 1. The molecule has 1 aromatic heterocycles. The quantitative estimate of drug-likeness (QED) is 0.717. The SMILES string of the molecule is CC(C)N(C)CCCCNc1ncc(F)cc1C(=O)O. The standard InChI is InChI=1S/C14H22FN3O2/c1-10(2)18(3)7-5-4-6-16-13-12(14(19)20)8-11(15)9-17-13/h8-10H,4-7H2,1-3H3,(H,16,17)(H,19,20). The van der Waals surface area contributed by atoms with Gasteiger partial charge in [0.2, 0.25) is 0 Å². The Morgan fingerprint density at radius 3 is 2.80 bits per heavy atom. The average molecular weight is 283 g/mol. The van der Waals surface area contributed by atoms with Crippen molar-refractivity contribution < 1.29 is 14.3 Å². The van der Waals surface area contributed by atoms with Crippen LogP contribution in [-0.4, -0.2) is 47.1 Å². The predicted octanol–water partition coefficient (Wildman–Crippen LogP) is 2.45. The molecule has 0 bridgehead atoms. The maximum Gasteiger partial charge on any atom is 0.339 e. The molecule has 112 valence electrons. The van der Waals surface area contributed by atoms with Crippen LogP contribution in [0.15, 0.2) is 12.3 Å². The zero-order valence-electron chi connectivity index (χ0n) is 12.2. The topological polar surface area (TPSA) is 65.5 Å². The predicted molar refractivity (Wildman–Crippen MR) is 76.6 cm³/mol. The van der Waals surface area contributed by atoms with Gasteiger partial charge in [0.05, 0.1) is 6.20 Å². The Kier molecular flexibility index (Phi) is 6.38. The van der Waals surface area contributed by atoms with Crippen molar-refractivity contribution >= 4 is 11.8 Å². The molecule has 1 heterocycles. The van der Waals surface area contributed by atoms with Crippen molar-refractivity contribution in [3.63, 3.8) is 0 Å². The maximum atomic E-state index is 13.0. The van der Waals surface area contributed by atoms with Crippen molar-refractivity contribution in [2.24, 2.45) is 0 Å². The van der Waals surface area contributed by atoms with Gasteiger partial charge in [-0.25, -0.2) is 14.2 Å². The van der Waals surface area contributed by atoms with Crippen molar-refractivity contribution in [2.75, 3.05) is 25.5 Å². The molecule has 0 fully saturated rings. The number of carbonyl (C=O) groups is 1. The van der Waals surface area contributed by atoms with Gasteiger partial charge < -0.3 is 15.3 Å². The second-order valence-corrected chi connectivity index (χ2v) is 5.06. The number of rotatable bonds is 8. The van der Waals surface area contributed by atoms with E-state index < -0.39 is 11.8 Å². The summed E-state index contributed by atoms with van der Waals surface area (Å²) in [5.41, 5.74) is -0.135. The molecule has 0 atom stereocenters. The molecule has 0 radical (unpaired) electrons. The summed E-state index contributed by atoms with van der Waals surface area (Å²) in [5, 5.41) is 11.9. The fourth-order valence-corrected chi connectivity index (χ4v) is 1.69. The number of nitrogens with one attached hydrogen (secondary N) is 1. The van der Waals surface area contributed by atoms with Crippen LogP contribution < -0.4 is 5.32 Å². The third kappa shape index (κ3) is 5.13. The molecule has 6 heteroatoms. The second kappa shape index (κ2) is 7.79. The summed E-state index contributed by atoms with van der Waals surface area (Å²) < 4.78 is 13.0. The van der Waals surface area contributed by atoms with Gasteiger partial charge in [0, 0.05) is 12.6 Å². The van der Waals surface area contributed by atoms with Crippen molar-refractivity contribution in [2.45, 2.75) is 32.7 Å². The van der Waals surface area contributed by atoms with Crippen LogP contribution in [0.5, 0.6) is 0 Å². The summed E-state index contributed by atoms with van der Waals surface area (Å²) in [6.07, 6.45) is 2.92. The number of aromatic carboxylic acids is 1. The fraction of sp³-hybridized carbons (Fsp3) is 0.571. The molecule has 0 spiro atoms. The number of carboxylic acids is 1. The van der Waals surface area contributed by atoms with Crippen LogP contribution >= 0.6 is 0 Å². The van der Waals surface area contributed by atoms with E-state index in [0.29, 0.717) is 12.6 Å². The summed E-state index contributed by atoms with van der Waals surface area (Å²) in [6.45, 7) is 5.88.